The van der Waals surface area contributed by atoms with Gasteiger partial charge in [-0.05, 0) is 170 Å². The van der Waals surface area contributed by atoms with E-state index in [2.05, 4.69) is 34.6 Å². The normalized spacial score (nSPS) is 37.4. The van der Waals surface area contributed by atoms with E-state index >= 15 is 0 Å². The van der Waals surface area contributed by atoms with Gasteiger partial charge in [0.2, 0.25) is 0 Å². The molecule has 0 bridgehead atoms. The molecular formula is C60H106. The summed E-state index contributed by atoms with van der Waals surface area (Å²) in [4.78, 5) is 0. The highest BCUT2D eigenvalue weighted by Gasteiger charge is 2.62. The van der Waals surface area contributed by atoms with Gasteiger partial charge in [-0.1, -0.05) is 208 Å². The zero-order valence-electron chi connectivity index (χ0n) is 41.6. The maximum atomic E-state index is 2.85. The monoisotopic (exact) mass is 827 g/mol. The lowest BCUT2D eigenvalue weighted by atomic mass is 9.38. The van der Waals surface area contributed by atoms with Crippen LogP contribution in [0.3, 0.4) is 0 Å². The molecule has 0 aliphatic heterocycles. The average Bonchev–Trinajstić information content (AvgIpc) is 3.29. The van der Waals surface area contributed by atoms with Crippen molar-refractivity contribution in [2.24, 2.45) is 86.8 Å². The Morgan fingerprint density at radius 1 is 0.367 bits per heavy atom. The van der Waals surface area contributed by atoms with Crippen LogP contribution in [0.25, 0.3) is 0 Å². The van der Waals surface area contributed by atoms with Crippen LogP contribution < -0.4 is 0 Å². The van der Waals surface area contributed by atoms with Crippen LogP contribution in [-0.4, -0.2) is 0 Å². The molecule has 0 N–H and O–H groups in total. The molecule has 9 aliphatic carbocycles. The van der Waals surface area contributed by atoms with Crippen molar-refractivity contribution >= 4 is 0 Å². The molecule has 0 nitrogen and oxygen atoms in total. The molecule has 7 atom stereocenters. The first kappa shape index (κ1) is 46.5. The Kier molecular flexibility index (Phi) is 16.4. The summed E-state index contributed by atoms with van der Waals surface area (Å²) in [6, 6.07) is 0. The van der Waals surface area contributed by atoms with E-state index in [1.807, 2.05) is 0 Å². The Morgan fingerprint density at radius 2 is 0.767 bits per heavy atom. The maximum Gasteiger partial charge on any atom is -0.0208 e. The van der Waals surface area contributed by atoms with Crippen molar-refractivity contribution in [2.45, 2.75) is 291 Å². The molecule has 9 aliphatic rings. The molecular weight excluding hydrogens is 721 g/mol. The van der Waals surface area contributed by atoms with Gasteiger partial charge in [0, 0.05) is 0 Å². The Labute approximate surface area is 376 Å². The van der Waals surface area contributed by atoms with Crippen molar-refractivity contribution in [3.63, 3.8) is 0 Å². The summed E-state index contributed by atoms with van der Waals surface area (Å²) < 4.78 is 0. The summed E-state index contributed by atoms with van der Waals surface area (Å²) >= 11 is 0. The van der Waals surface area contributed by atoms with Gasteiger partial charge < -0.3 is 0 Å². The van der Waals surface area contributed by atoms with E-state index in [9.17, 15) is 0 Å². The van der Waals surface area contributed by atoms with E-state index < -0.39 is 0 Å². The van der Waals surface area contributed by atoms with Crippen LogP contribution in [0.5, 0.6) is 0 Å². The minimum absolute atomic E-state index is 0.491. The highest BCUT2D eigenvalue weighted by atomic mass is 14.7. The van der Waals surface area contributed by atoms with Crippen LogP contribution in [0, 0.1) is 86.8 Å². The Morgan fingerprint density at radius 3 is 1.30 bits per heavy atom. The molecule has 60 heavy (non-hydrogen) atoms. The molecule has 0 saturated heterocycles. The van der Waals surface area contributed by atoms with Gasteiger partial charge in [0.25, 0.3) is 0 Å². The van der Waals surface area contributed by atoms with E-state index in [-0.39, 0.29) is 0 Å². The first-order chi connectivity index (χ1) is 29.1. The summed E-state index contributed by atoms with van der Waals surface area (Å²) in [5, 5.41) is 0. The lowest BCUT2D eigenvalue weighted by Gasteiger charge is -2.66. The molecule has 0 spiro atoms. The summed E-state index contributed by atoms with van der Waals surface area (Å²) in [5.41, 5.74) is 2.29. The molecule has 7 unspecified atom stereocenters. The van der Waals surface area contributed by atoms with E-state index in [0.29, 0.717) is 16.2 Å². The van der Waals surface area contributed by atoms with E-state index in [0.717, 1.165) is 70.5 Å². The largest absolute Gasteiger partial charge is 0.0594 e. The molecule has 346 valence electrons. The molecule has 9 fully saturated rings. The third-order valence-electron chi connectivity index (χ3n) is 23.3. The predicted molar refractivity (Wildman–Crippen MR) is 261 cm³/mol. The fourth-order valence-electron chi connectivity index (χ4n) is 19.8. The molecule has 0 heteroatoms. The van der Waals surface area contributed by atoms with Gasteiger partial charge in [-0.25, -0.2) is 0 Å². The topological polar surface area (TPSA) is 0 Å². The number of fused-ring (bicyclic) bond motifs is 2. The Balaban J connectivity index is 0.000000167. The molecule has 0 aromatic heterocycles. The predicted octanol–water partition coefficient (Wildman–Crippen LogP) is 19.5. The van der Waals surface area contributed by atoms with Crippen LogP contribution >= 0.6 is 0 Å². The van der Waals surface area contributed by atoms with E-state index in [4.69, 9.17) is 0 Å². The maximum absolute atomic E-state index is 2.85. The van der Waals surface area contributed by atoms with Gasteiger partial charge in [0.1, 0.15) is 0 Å². The molecule has 0 radical (unpaired) electrons. The van der Waals surface area contributed by atoms with Crippen molar-refractivity contribution in [3.05, 3.63) is 0 Å². The van der Waals surface area contributed by atoms with Gasteiger partial charge >= 0.3 is 0 Å². The quantitative estimate of drug-likeness (QED) is 0.206. The highest BCUT2D eigenvalue weighted by Crippen LogP contribution is 2.69. The molecule has 9 rings (SSSR count). The van der Waals surface area contributed by atoms with Gasteiger partial charge in [0.15, 0.2) is 0 Å². The molecule has 9 saturated carbocycles. The van der Waals surface area contributed by atoms with Crippen LogP contribution in [0.1, 0.15) is 291 Å². The number of hydrogen-bond donors (Lipinski definition) is 0. The van der Waals surface area contributed by atoms with Crippen LogP contribution in [0.15, 0.2) is 0 Å². The van der Waals surface area contributed by atoms with Crippen LogP contribution in [0.4, 0.5) is 0 Å². The molecule has 0 aromatic rings. The lowest BCUT2D eigenvalue weighted by molar-refractivity contribution is -0.180. The van der Waals surface area contributed by atoms with Gasteiger partial charge in [-0.3, -0.25) is 0 Å². The van der Waals surface area contributed by atoms with Crippen LogP contribution in [0.2, 0.25) is 0 Å². The van der Waals surface area contributed by atoms with Crippen molar-refractivity contribution in [1.29, 1.82) is 0 Å². The summed E-state index contributed by atoms with van der Waals surface area (Å²) in [5.74, 6) is 11.5. The van der Waals surface area contributed by atoms with E-state index in [1.54, 1.807) is 141 Å². The zero-order valence-corrected chi connectivity index (χ0v) is 41.6. The number of hydrogen-bond acceptors (Lipinski definition) is 0. The first-order valence-corrected chi connectivity index (χ1v) is 29.1. The zero-order chi connectivity index (χ0) is 41.6. The second-order valence-corrected chi connectivity index (χ2v) is 26.6. The summed E-state index contributed by atoms with van der Waals surface area (Å²) in [7, 11) is 0. The third kappa shape index (κ3) is 10.0. The van der Waals surface area contributed by atoms with Crippen molar-refractivity contribution in [2.75, 3.05) is 0 Å². The lowest BCUT2D eigenvalue weighted by Crippen LogP contribution is -2.60. The smallest absolute Gasteiger partial charge is 0.0208 e. The van der Waals surface area contributed by atoms with Crippen molar-refractivity contribution in [1.82, 2.24) is 0 Å². The van der Waals surface area contributed by atoms with Crippen molar-refractivity contribution in [3.8, 4) is 0 Å². The highest BCUT2D eigenvalue weighted by molar-refractivity contribution is 5.10. The second-order valence-electron chi connectivity index (χ2n) is 26.6. The molecule has 0 aromatic carbocycles. The Hall–Kier alpha value is 0. The Bertz CT molecular complexity index is 1220. The summed E-state index contributed by atoms with van der Waals surface area (Å²) in [6.07, 6.45) is 62.1. The first-order valence-electron chi connectivity index (χ1n) is 29.1. The minimum Gasteiger partial charge on any atom is -0.0594 e. The minimum atomic E-state index is 0.491. The molecule has 0 heterocycles. The summed E-state index contributed by atoms with van der Waals surface area (Å²) in [6.45, 7) is 13.8. The van der Waals surface area contributed by atoms with Crippen LogP contribution in [-0.2, 0) is 0 Å². The van der Waals surface area contributed by atoms with Gasteiger partial charge in [-0.2, -0.15) is 0 Å². The fraction of sp³-hybridized carbons (Fsp3) is 1.00. The fourth-order valence-corrected chi connectivity index (χ4v) is 19.8. The van der Waals surface area contributed by atoms with Gasteiger partial charge in [-0.15, -0.1) is 0 Å². The standard InChI is InChI=1S/C31H54.C29H52/c1-4-12-25(13-5-1)22-29-21-20-28-18-10-11-19-30(28)31(29,23-26-14-6-2-7-15-26)24-27-16-8-3-9-17-27;1-27(2,23-15-8-6-9-16-23)26-21-20-22-14-12-13-19-25(22)29(26,5)28(3,4)24-17-10-7-11-18-24/h25-30H,1-24H2;22-26H,6-21H2,1-5H3. The number of rotatable bonds is 10. The van der Waals surface area contributed by atoms with Crippen molar-refractivity contribution < 1.29 is 0 Å². The third-order valence-corrected chi connectivity index (χ3v) is 23.3. The van der Waals surface area contributed by atoms with E-state index in [1.165, 1.54) is 116 Å². The SMILES string of the molecule is C1CCC(CC2CCC3CCCCC3C2(CC2CCCCC2)CC2CCCCC2)CC1.CC(C)(C1CCCCC1)C1CCC2CCCCC2C1(C)C(C)(C)C1CCCCC1. The average molecular weight is 828 g/mol. The second kappa shape index (κ2) is 21.1. The van der Waals surface area contributed by atoms with Gasteiger partial charge in [0.05, 0.1) is 0 Å². The molecule has 0 amide bonds.